The van der Waals surface area contributed by atoms with Crippen molar-refractivity contribution in [2.45, 2.75) is 30.0 Å². The Balaban J connectivity index is 1.57. The summed E-state index contributed by atoms with van der Waals surface area (Å²) in [6, 6.07) is 17.8. The summed E-state index contributed by atoms with van der Waals surface area (Å²) >= 11 is 2.56. The zero-order valence-corrected chi connectivity index (χ0v) is 23.0. The van der Waals surface area contributed by atoms with Crippen molar-refractivity contribution in [3.63, 3.8) is 0 Å². The molecule has 4 aromatic rings. The van der Waals surface area contributed by atoms with Crippen LogP contribution < -0.4 is 9.64 Å². The molecule has 1 aliphatic rings. The summed E-state index contributed by atoms with van der Waals surface area (Å²) in [5.74, 6) is -1.11. The topological polar surface area (TPSA) is 92.6 Å². The van der Waals surface area contributed by atoms with Crippen LogP contribution >= 0.6 is 23.1 Å². The summed E-state index contributed by atoms with van der Waals surface area (Å²) in [6.07, 6.45) is 0. The van der Waals surface area contributed by atoms with E-state index in [1.807, 2.05) is 26.0 Å². The number of halogens is 1. The van der Waals surface area contributed by atoms with Gasteiger partial charge in [0.2, 0.25) is 5.13 Å². The smallest absolute Gasteiger partial charge is 0.301 e. The van der Waals surface area contributed by atoms with E-state index in [4.69, 9.17) is 4.74 Å². The molecule has 2 heterocycles. The Morgan fingerprint density at radius 1 is 1.08 bits per heavy atom. The Kier molecular flexibility index (Phi) is 7.49. The minimum absolute atomic E-state index is 0.0299. The fourth-order valence-corrected chi connectivity index (χ4v) is 6.20. The number of nitrogens with zero attached hydrogens (tertiary/aromatic N) is 3. The van der Waals surface area contributed by atoms with E-state index in [0.717, 1.165) is 16.7 Å². The predicted molar refractivity (Wildman–Crippen MR) is 150 cm³/mol. The summed E-state index contributed by atoms with van der Waals surface area (Å²) in [5, 5.41) is 20.1. The maximum atomic E-state index is 13.5. The first kappa shape index (κ1) is 26.6. The Labute approximate surface area is 233 Å². The molecule has 39 heavy (non-hydrogen) atoms. The van der Waals surface area contributed by atoms with Crippen LogP contribution in [0, 0.1) is 19.7 Å². The number of aliphatic hydroxyl groups is 1. The quantitative estimate of drug-likeness (QED) is 0.0941. The first-order valence-corrected chi connectivity index (χ1v) is 13.8. The van der Waals surface area contributed by atoms with Gasteiger partial charge in [0.1, 0.15) is 17.3 Å². The van der Waals surface area contributed by atoms with E-state index >= 15 is 0 Å². The number of aromatic nitrogens is 2. The number of carbonyl (C=O) groups is 2. The monoisotopic (exact) mass is 561 g/mol. The summed E-state index contributed by atoms with van der Waals surface area (Å²) in [5.41, 5.74) is 3.61. The number of amides is 1. The lowest BCUT2D eigenvalue weighted by molar-refractivity contribution is -0.132. The van der Waals surface area contributed by atoms with Gasteiger partial charge in [0.25, 0.3) is 5.78 Å². The number of Topliss-reactive ketones (excluding diaryl/α,β-unsaturated/α-hetero) is 1. The summed E-state index contributed by atoms with van der Waals surface area (Å²) < 4.78 is 19.2. The second-order valence-corrected chi connectivity index (χ2v) is 11.2. The standard InChI is InChI=1S/C29H24FN3O4S2/c1-16-7-8-17(2)22(13-16)25(34)23-24(19-5-4-6-21(14-19)37-3)33(27(36)26(23)35)28-31-32-29(39-28)38-15-18-9-11-20(30)12-10-18/h4-14,24,34H,15H2,1-3H3. The van der Waals surface area contributed by atoms with Gasteiger partial charge in [-0.3, -0.25) is 14.5 Å². The molecule has 1 aliphatic heterocycles. The molecule has 7 nitrogen and oxygen atoms in total. The van der Waals surface area contributed by atoms with Gasteiger partial charge < -0.3 is 9.84 Å². The molecule has 10 heteroatoms. The predicted octanol–water partition coefficient (Wildman–Crippen LogP) is 6.22. The van der Waals surface area contributed by atoms with Crippen molar-refractivity contribution < 1.29 is 23.8 Å². The van der Waals surface area contributed by atoms with Crippen molar-refractivity contribution in [3.05, 3.63) is 106 Å². The minimum atomic E-state index is -0.942. The Bertz CT molecular complexity index is 1600. The van der Waals surface area contributed by atoms with Gasteiger partial charge >= 0.3 is 5.91 Å². The normalized spacial score (nSPS) is 16.6. The number of benzene rings is 3. The molecule has 1 amide bonds. The summed E-state index contributed by atoms with van der Waals surface area (Å²) in [6.45, 7) is 3.72. The van der Waals surface area contributed by atoms with Gasteiger partial charge in [-0.2, -0.15) is 0 Å². The molecule has 1 unspecified atom stereocenters. The van der Waals surface area contributed by atoms with Gasteiger partial charge in [-0.25, -0.2) is 4.39 Å². The number of thioether (sulfide) groups is 1. The lowest BCUT2D eigenvalue weighted by Crippen LogP contribution is -2.29. The Hall–Kier alpha value is -4.02. The van der Waals surface area contributed by atoms with Crippen LogP contribution in [0.2, 0.25) is 0 Å². The number of anilines is 1. The van der Waals surface area contributed by atoms with Gasteiger partial charge in [0, 0.05) is 11.3 Å². The average Bonchev–Trinajstić information content (AvgIpc) is 3.51. The van der Waals surface area contributed by atoms with Crippen molar-refractivity contribution in [3.8, 4) is 5.75 Å². The van der Waals surface area contributed by atoms with E-state index in [0.29, 0.717) is 27.0 Å². The van der Waals surface area contributed by atoms with Gasteiger partial charge in [-0.05, 0) is 60.9 Å². The lowest BCUT2D eigenvalue weighted by atomic mass is 9.93. The number of rotatable bonds is 7. The molecule has 1 atom stereocenters. The molecule has 3 aromatic carbocycles. The highest BCUT2D eigenvalue weighted by atomic mass is 32.2. The van der Waals surface area contributed by atoms with Crippen molar-refractivity contribution >= 4 is 45.7 Å². The number of hydrogen-bond donors (Lipinski definition) is 1. The largest absolute Gasteiger partial charge is 0.507 e. The zero-order valence-electron chi connectivity index (χ0n) is 21.3. The van der Waals surface area contributed by atoms with Crippen molar-refractivity contribution in [1.82, 2.24) is 10.2 Å². The summed E-state index contributed by atoms with van der Waals surface area (Å²) in [7, 11) is 1.53. The summed E-state index contributed by atoms with van der Waals surface area (Å²) in [4.78, 5) is 28.2. The van der Waals surface area contributed by atoms with Crippen LogP contribution in [0.25, 0.3) is 5.76 Å². The number of hydrogen-bond acceptors (Lipinski definition) is 8. The van der Waals surface area contributed by atoms with Crippen LogP contribution in [0.15, 0.2) is 76.6 Å². The number of ether oxygens (including phenoxy) is 1. The van der Waals surface area contributed by atoms with E-state index in [9.17, 15) is 19.1 Å². The van der Waals surface area contributed by atoms with Gasteiger partial charge in [0.15, 0.2) is 4.34 Å². The Morgan fingerprint density at radius 3 is 2.59 bits per heavy atom. The molecule has 1 aromatic heterocycles. The van der Waals surface area contributed by atoms with Crippen molar-refractivity contribution in [2.75, 3.05) is 12.0 Å². The van der Waals surface area contributed by atoms with E-state index in [-0.39, 0.29) is 22.3 Å². The highest BCUT2D eigenvalue weighted by molar-refractivity contribution is 8.00. The van der Waals surface area contributed by atoms with E-state index in [2.05, 4.69) is 10.2 Å². The van der Waals surface area contributed by atoms with Crippen molar-refractivity contribution in [2.24, 2.45) is 0 Å². The van der Waals surface area contributed by atoms with Gasteiger partial charge in [0.05, 0.1) is 18.7 Å². The van der Waals surface area contributed by atoms with Crippen LogP contribution in [-0.2, 0) is 15.3 Å². The first-order chi connectivity index (χ1) is 18.8. The molecule has 0 bridgehead atoms. The molecule has 0 aliphatic carbocycles. The third-order valence-electron chi connectivity index (χ3n) is 6.38. The Morgan fingerprint density at radius 2 is 1.85 bits per heavy atom. The van der Waals surface area contributed by atoms with E-state index < -0.39 is 17.7 Å². The highest BCUT2D eigenvalue weighted by Gasteiger charge is 2.48. The average molecular weight is 562 g/mol. The number of methoxy groups -OCH3 is 1. The third kappa shape index (κ3) is 5.30. The number of aliphatic hydroxyl groups excluding tert-OH is 1. The fourth-order valence-electron chi connectivity index (χ4n) is 4.38. The molecular weight excluding hydrogens is 537 g/mol. The lowest BCUT2D eigenvalue weighted by Gasteiger charge is -2.23. The second-order valence-electron chi connectivity index (χ2n) is 9.03. The molecule has 5 rings (SSSR count). The molecule has 1 N–H and O–H groups in total. The molecule has 198 valence electrons. The van der Waals surface area contributed by atoms with Crippen LogP contribution in [0.3, 0.4) is 0 Å². The van der Waals surface area contributed by atoms with Gasteiger partial charge in [-0.15, -0.1) is 10.2 Å². The van der Waals surface area contributed by atoms with Crippen LogP contribution in [0.1, 0.15) is 33.9 Å². The molecule has 1 saturated heterocycles. The minimum Gasteiger partial charge on any atom is -0.507 e. The number of carbonyl (C=O) groups excluding carboxylic acids is 2. The maximum absolute atomic E-state index is 13.5. The van der Waals surface area contributed by atoms with Gasteiger partial charge in [-0.1, -0.05) is 65.1 Å². The maximum Gasteiger partial charge on any atom is 0.301 e. The SMILES string of the molecule is COc1cccc(C2C(=C(O)c3cc(C)ccc3C)C(=O)C(=O)N2c2nnc(SCc3ccc(F)cc3)s2)c1. The fraction of sp³-hybridized carbons (Fsp3) is 0.172. The zero-order chi connectivity index (χ0) is 27.7. The highest BCUT2D eigenvalue weighted by Crippen LogP contribution is 2.45. The molecule has 0 radical (unpaired) electrons. The van der Waals surface area contributed by atoms with Crippen LogP contribution in [-0.4, -0.2) is 34.1 Å². The van der Waals surface area contributed by atoms with Crippen molar-refractivity contribution in [1.29, 1.82) is 0 Å². The van der Waals surface area contributed by atoms with Crippen LogP contribution in [0.4, 0.5) is 9.52 Å². The third-order valence-corrected chi connectivity index (χ3v) is 8.51. The first-order valence-electron chi connectivity index (χ1n) is 12.0. The number of aryl methyl sites for hydroxylation is 2. The molecular formula is C29H24FN3O4S2. The molecule has 1 fully saturated rings. The molecule has 0 saturated carbocycles. The molecule has 0 spiro atoms. The van der Waals surface area contributed by atoms with E-state index in [1.165, 1.54) is 47.2 Å². The van der Waals surface area contributed by atoms with Crippen LogP contribution in [0.5, 0.6) is 5.75 Å². The van der Waals surface area contributed by atoms with E-state index in [1.54, 1.807) is 42.5 Å². The second kappa shape index (κ2) is 11.0. The number of ketones is 1.